The summed E-state index contributed by atoms with van der Waals surface area (Å²) in [5.74, 6) is -0.706. The SMILES string of the molecule is CCC1=c2c([nH]c3ccccc23)=CC(C)(C)C1=CC1=C(C=C2C(CCCCCC(=O)O)=c3c([nH]c4ccccc34)=CC2(C)C)CC1. The van der Waals surface area contributed by atoms with Crippen molar-refractivity contribution in [3.63, 3.8) is 0 Å². The van der Waals surface area contributed by atoms with Crippen LogP contribution in [-0.2, 0) is 4.79 Å². The number of allylic oxidation sites excluding steroid dienone is 6. The van der Waals surface area contributed by atoms with Crippen LogP contribution < -0.4 is 21.1 Å². The molecule has 0 fully saturated rings. The molecule has 0 radical (unpaired) electrons. The van der Waals surface area contributed by atoms with Gasteiger partial charge in [0, 0.05) is 60.2 Å². The number of aromatic amines is 2. The zero-order valence-electron chi connectivity index (χ0n) is 27.9. The monoisotopic (exact) mass is 610 g/mol. The second-order valence-corrected chi connectivity index (χ2v) is 14.6. The van der Waals surface area contributed by atoms with Crippen molar-refractivity contribution >= 4 is 51.1 Å². The molecule has 3 aliphatic rings. The third-order valence-corrected chi connectivity index (χ3v) is 10.5. The fourth-order valence-corrected chi connectivity index (χ4v) is 8.14. The van der Waals surface area contributed by atoms with Crippen molar-refractivity contribution < 1.29 is 9.90 Å². The van der Waals surface area contributed by atoms with Gasteiger partial charge in [0.05, 0.1) is 0 Å². The van der Waals surface area contributed by atoms with Crippen LogP contribution in [0.1, 0.15) is 86.0 Å². The summed E-state index contributed by atoms with van der Waals surface area (Å²) in [5.41, 5.74) is 10.8. The number of carbonyl (C=O) groups is 1. The first-order valence-corrected chi connectivity index (χ1v) is 17.1. The molecular weight excluding hydrogens is 564 g/mol. The van der Waals surface area contributed by atoms with E-state index in [1.54, 1.807) is 0 Å². The summed E-state index contributed by atoms with van der Waals surface area (Å²) >= 11 is 0. The Balaban J connectivity index is 1.36. The van der Waals surface area contributed by atoms with Crippen molar-refractivity contribution in [1.82, 2.24) is 9.97 Å². The Morgan fingerprint density at radius 3 is 1.74 bits per heavy atom. The smallest absolute Gasteiger partial charge is 0.303 e. The molecule has 0 aliphatic heterocycles. The molecule has 0 atom stereocenters. The van der Waals surface area contributed by atoms with E-state index in [1.165, 1.54) is 76.4 Å². The molecule has 236 valence electrons. The molecule has 0 bridgehead atoms. The lowest BCUT2D eigenvalue weighted by atomic mass is 9.71. The van der Waals surface area contributed by atoms with Crippen LogP contribution in [0.15, 0.2) is 83.0 Å². The Bertz CT molecular complexity index is 2240. The summed E-state index contributed by atoms with van der Waals surface area (Å²) in [5, 5.41) is 16.9. The summed E-state index contributed by atoms with van der Waals surface area (Å²) in [6.45, 7) is 11.7. The molecule has 0 spiro atoms. The summed E-state index contributed by atoms with van der Waals surface area (Å²) in [6.07, 6.45) is 16.9. The molecule has 4 nitrogen and oxygen atoms in total. The molecule has 0 saturated heterocycles. The highest BCUT2D eigenvalue weighted by molar-refractivity contribution is 5.89. The van der Waals surface area contributed by atoms with E-state index >= 15 is 0 Å². The van der Waals surface area contributed by atoms with E-state index in [0.29, 0.717) is 0 Å². The van der Waals surface area contributed by atoms with Crippen molar-refractivity contribution in [2.45, 2.75) is 86.0 Å². The van der Waals surface area contributed by atoms with Crippen LogP contribution >= 0.6 is 0 Å². The minimum atomic E-state index is -0.706. The molecule has 7 rings (SSSR count). The lowest BCUT2D eigenvalue weighted by Gasteiger charge is -2.33. The number of H-pyrrole nitrogens is 2. The molecule has 2 aromatic carbocycles. The quantitative estimate of drug-likeness (QED) is 0.170. The number of benzene rings is 2. The van der Waals surface area contributed by atoms with E-state index < -0.39 is 5.97 Å². The van der Waals surface area contributed by atoms with Crippen LogP contribution in [0.5, 0.6) is 0 Å². The van der Waals surface area contributed by atoms with Crippen molar-refractivity contribution in [2.24, 2.45) is 10.8 Å². The van der Waals surface area contributed by atoms with Gasteiger partial charge in [-0.05, 0) is 84.1 Å². The van der Waals surface area contributed by atoms with Crippen LogP contribution in [0.3, 0.4) is 0 Å². The molecule has 4 heteroatoms. The van der Waals surface area contributed by atoms with Gasteiger partial charge < -0.3 is 15.1 Å². The summed E-state index contributed by atoms with van der Waals surface area (Å²) in [4.78, 5) is 18.6. The number of aliphatic carboxylic acids is 1. The number of hydrogen-bond acceptors (Lipinski definition) is 1. The van der Waals surface area contributed by atoms with E-state index in [9.17, 15) is 9.90 Å². The van der Waals surface area contributed by atoms with E-state index in [-0.39, 0.29) is 17.3 Å². The number of fused-ring (bicyclic) bond motifs is 6. The van der Waals surface area contributed by atoms with Crippen LogP contribution in [0.4, 0.5) is 0 Å². The van der Waals surface area contributed by atoms with Crippen LogP contribution in [0.2, 0.25) is 0 Å². The summed E-state index contributed by atoms with van der Waals surface area (Å²) in [7, 11) is 0. The first-order chi connectivity index (χ1) is 22.1. The van der Waals surface area contributed by atoms with Crippen LogP contribution in [-0.4, -0.2) is 21.0 Å². The fourth-order valence-electron chi connectivity index (χ4n) is 8.14. The predicted octanol–water partition coefficient (Wildman–Crippen LogP) is 7.68. The number of aromatic nitrogens is 2. The first-order valence-electron chi connectivity index (χ1n) is 17.1. The van der Waals surface area contributed by atoms with Gasteiger partial charge in [-0.3, -0.25) is 4.79 Å². The number of para-hydroxylation sites is 2. The third kappa shape index (κ3) is 5.22. The maximum Gasteiger partial charge on any atom is 0.303 e. The number of unbranched alkanes of at least 4 members (excludes halogenated alkanes) is 2. The van der Waals surface area contributed by atoms with Crippen LogP contribution in [0, 0.1) is 10.8 Å². The van der Waals surface area contributed by atoms with E-state index in [4.69, 9.17) is 0 Å². The number of nitrogens with one attached hydrogen (secondary N) is 2. The van der Waals surface area contributed by atoms with Gasteiger partial charge >= 0.3 is 5.97 Å². The highest BCUT2D eigenvalue weighted by Crippen LogP contribution is 2.44. The molecule has 0 amide bonds. The van der Waals surface area contributed by atoms with Crippen molar-refractivity contribution in [3.05, 3.63) is 104 Å². The molecule has 3 N–H and O–H groups in total. The Morgan fingerprint density at radius 2 is 1.24 bits per heavy atom. The van der Waals surface area contributed by atoms with Crippen molar-refractivity contribution in [1.29, 1.82) is 0 Å². The zero-order valence-corrected chi connectivity index (χ0v) is 27.9. The second kappa shape index (κ2) is 11.5. The fraction of sp³-hybridized carbons (Fsp3) is 0.357. The number of rotatable bonds is 9. The minimum absolute atomic E-state index is 0.0792. The van der Waals surface area contributed by atoms with Gasteiger partial charge in [-0.1, -0.05) is 102 Å². The molecular formula is C42H46N2O2. The van der Waals surface area contributed by atoms with E-state index in [0.717, 1.165) is 44.9 Å². The zero-order chi connectivity index (χ0) is 32.2. The molecule has 4 aromatic rings. The molecule has 0 saturated carbocycles. The maximum atomic E-state index is 11.2. The number of carboxylic acids is 1. The van der Waals surface area contributed by atoms with Gasteiger partial charge in [0.1, 0.15) is 0 Å². The standard InChI is InChI=1S/C42H46N2O2/c1-6-28-32(41(2,3)24-36-39(28)30-15-10-12-17-34(30)43-36)22-26-20-21-27(26)23-33-29(14-8-7-9-19-38(45)46)40-31-16-11-13-18-35(31)44-37(40)25-42(33,4)5/h10-13,15-18,22-25,43-44H,6-9,14,19-21H2,1-5H3,(H,45,46). The van der Waals surface area contributed by atoms with Gasteiger partial charge in [0.25, 0.3) is 0 Å². The molecule has 3 aliphatic carbocycles. The molecule has 46 heavy (non-hydrogen) atoms. The minimum Gasteiger partial charge on any atom is -0.481 e. The van der Waals surface area contributed by atoms with Gasteiger partial charge in [0.2, 0.25) is 0 Å². The molecule has 0 unspecified atom stereocenters. The number of hydrogen-bond donors (Lipinski definition) is 3. The van der Waals surface area contributed by atoms with Gasteiger partial charge in [-0.25, -0.2) is 0 Å². The average Bonchev–Trinajstić information content (AvgIpc) is 3.54. The topological polar surface area (TPSA) is 68.9 Å². The van der Waals surface area contributed by atoms with Crippen molar-refractivity contribution in [2.75, 3.05) is 0 Å². The maximum absolute atomic E-state index is 11.2. The van der Waals surface area contributed by atoms with E-state index in [2.05, 4.69) is 117 Å². The third-order valence-electron chi connectivity index (χ3n) is 10.5. The first kappa shape index (κ1) is 30.3. The normalized spacial score (nSPS) is 20.1. The average molecular weight is 611 g/mol. The number of carboxylic acid groups (broad SMARTS) is 1. The van der Waals surface area contributed by atoms with Gasteiger partial charge in [-0.2, -0.15) is 0 Å². The highest BCUT2D eigenvalue weighted by Gasteiger charge is 2.32. The Hall–Kier alpha value is -4.31. The Labute approximate surface area is 271 Å². The largest absolute Gasteiger partial charge is 0.481 e. The van der Waals surface area contributed by atoms with Crippen molar-refractivity contribution in [3.8, 4) is 0 Å². The summed E-state index contributed by atoms with van der Waals surface area (Å²) in [6, 6.07) is 17.3. The lowest BCUT2D eigenvalue weighted by Crippen LogP contribution is -2.36. The lowest BCUT2D eigenvalue weighted by molar-refractivity contribution is -0.137. The van der Waals surface area contributed by atoms with Gasteiger partial charge in [0.15, 0.2) is 0 Å². The predicted molar refractivity (Wildman–Crippen MR) is 192 cm³/mol. The van der Waals surface area contributed by atoms with Crippen LogP contribution in [0.25, 0.3) is 45.1 Å². The Morgan fingerprint density at radius 1 is 0.739 bits per heavy atom. The summed E-state index contributed by atoms with van der Waals surface area (Å²) < 4.78 is 0. The Kier molecular flexibility index (Phi) is 7.58. The van der Waals surface area contributed by atoms with Gasteiger partial charge in [-0.15, -0.1) is 0 Å². The molecule has 2 aromatic heterocycles. The van der Waals surface area contributed by atoms with E-state index in [1.807, 2.05) is 0 Å². The highest BCUT2D eigenvalue weighted by atomic mass is 16.4. The molecule has 2 heterocycles. The second-order valence-electron chi connectivity index (χ2n) is 14.6.